The van der Waals surface area contributed by atoms with Crippen molar-refractivity contribution in [2.45, 2.75) is 26.2 Å². The number of aryl methyl sites for hydroxylation is 1. The van der Waals surface area contributed by atoms with Crippen LogP contribution in [0.15, 0.2) is 29.3 Å². The number of hydrogen-bond donors (Lipinski definition) is 3. The highest BCUT2D eigenvalue weighted by molar-refractivity contribution is 7.18. The summed E-state index contributed by atoms with van der Waals surface area (Å²) in [4.78, 5) is 9.66. The minimum absolute atomic E-state index is 0.0277. The third kappa shape index (κ3) is 3.48. The van der Waals surface area contributed by atoms with Crippen molar-refractivity contribution in [1.82, 2.24) is 4.98 Å². The smallest absolute Gasteiger partial charge is 0.213 e. The minimum Gasteiger partial charge on any atom is -0.399 e. The van der Waals surface area contributed by atoms with Crippen molar-refractivity contribution >= 4 is 28.1 Å². The normalized spacial score (nSPS) is 10.4. The van der Waals surface area contributed by atoms with Crippen molar-refractivity contribution in [2.24, 2.45) is 16.5 Å². The highest BCUT2D eigenvalue weighted by Crippen LogP contribution is 2.35. The first-order valence-electron chi connectivity index (χ1n) is 6.55. The number of aliphatic imine (C=N–C) groups is 1. The van der Waals surface area contributed by atoms with Gasteiger partial charge < -0.3 is 17.2 Å². The van der Waals surface area contributed by atoms with Crippen LogP contribution in [0.1, 0.15) is 25.5 Å². The van der Waals surface area contributed by atoms with Gasteiger partial charge in [-0.05, 0) is 30.5 Å². The molecule has 0 saturated carbocycles. The minimum atomic E-state index is 0.0277. The summed E-state index contributed by atoms with van der Waals surface area (Å²) in [6.45, 7) is 2.16. The molecule has 1 aromatic heterocycles. The lowest BCUT2D eigenvalue weighted by atomic mass is 10.1. The first-order valence-corrected chi connectivity index (χ1v) is 7.37. The van der Waals surface area contributed by atoms with Gasteiger partial charge in [-0.1, -0.05) is 36.8 Å². The molecule has 0 atom stereocenters. The van der Waals surface area contributed by atoms with Crippen molar-refractivity contribution in [3.8, 4) is 10.4 Å². The number of benzene rings is 1. The van der Waals surface area contributed by atoms with Gasteiger partial charge in [-0.15, -0.1) is 0 Å². The summed E-state index contributed by atoms with van der Waals surface area (Å²) in [5, 5.41) is 0.591. The first-order chi connectivity index (χ1) is 9.60. The molecule has 6 heteroatoms. The zero-order chi connectivity index (χ0) is 14.5. The van der Waals surface area contributed by atoms with Gasteiger partial charge in [-0.25, -0.2) is 4.98 Å². The summed E-state index contributed by atoms with van der Waals surface area (Å²) in [7, 11) is 0. The second kappa shape index (κ2) is 6.38. The lowest BCUT2D eigenvalue weighted by Gasteiger charge is -2.02. The van der Waals surface area contributed by atoms with Gasteiger partial charge in [0, 0.05) is 5.69 Å². The average Bonchev–Trinajstić information content (AvgIpc) is 2.78. The highest BCUT2D eigenvalue weighted by atomic mass is 32.1. The molecule has 1 aromatic carbocycles. The fourth-order valence-electron chi connectivity index (χ4n) is 1.92. The van der Waals surface area contributed by atoms with E-state index in [1.165, 1.54) is 11.3 Å². The number of nitrogens with zero attached hydrogens (tertiary/aromatic N) is 2. The maximum absolute atomic E-state index is 5.85. The molecule has 0 aliphatic rings. The third-order valence-electron chi connectivity index (χ3n) is 2.83. The summed E-state index contributed by atoms with van der Waals surface area (Å²) in [6, 6.07) is 7.78. The van der Waals surface area contributed by atoms with Crippen LogP contribution in [0.2, 0.25) is 0 Å². The predicted molar refractivity (Wildman–Crippen MR) is 86.0 cm³/mol. The Morgan fingerprint density at radius 3 is 2.80 bits per heavy atom. The maximum atomic E-state index is 5.85. The van der Waals surface area contributed by atoms with Crippen LogP contribution in [0.3, 0.4) is 0 Å². The van der Waals surface area contributed by atoms with Crippen LogP contribution in [0, 0.1) is 0 Å². The number of nitrogens with two attached hydrogens (primary N) is 3. The lowest BCUT2D eigenvalue weighted by Crippen LogP contribution is -2.21. The van der Waals surface area contributed by atoms with Crippen molar-refractivity contribution in [2.75, 3.05) is 5.73 Å². The molecule has 0 fully saturated rings. The van der Waals surface area contributed by atoms with E-state index in [2.05, 4.69) is 16.9 Å². The second-order valence-electron chi connectivity index (χ2n) is 4.54. The second-order valence-corrected chi connectivity index (χ2v) is 5.52. The molecule has 2 rings (SSSR count). The Hall–Kier alpha value is -2.08. The molecule has 0 aliphatic heterocycles. The van der Waals surface area contributed by atoms with Gasteiger partial charge in [0.15, 0.2) is 5.96 Å². The van der Waals surface area contributed by atoms with Crippen molar-refractivity contribution in [3.05, 3.63) is 30.0 Å². The van der Waals surface area contributed by atoms with Gasteiger partial charge in [0.05, 0.1) is 10.6 Å². The largest absolute Gasteiger partial charge is 0.399 e. The van der Waals surface area contributed by atoms with E-state index in [4.69, 9.17) is 17.2 Å². The molecule has 0 spiro atoms. The number of rotatable bonds is 5. The number of aromatic nitrogens is 1. The summed E-state index contributed by atoms with van der Waals surface area (Å²) >= 11 is 1.49. The maximum Gasteiger partial charge on any atom is 0.213 e. The Bertz CT molecular complexity index is 614. The molecule has 0 unspecified atom stereocenters. The number of hydrogen-bond acceptors (Lipinski definition) is 4. The highest BCUT2D eigenvalue weighted by Gasteiger charge is 2.13. The Morgan fingerprint density at radius 1 is 1.35 bits per heavy atom. The summed E-state index contributed by atoms with van der Waals surface area (Å²) in [6.07, 6.45) is 3.11. The van der Waals surface area contributed by atoms with Gasteiger partial charge in [0.2, 0.25) is 5.13 Å². The fraction of sp³-hybridized carbons (Fsp3) is 0.286. The molecule has 0 saturated heterocycles. The van der Waals surface area contributed by atoms with E-state index in [0.29, 0.717) is 5.13 Å². The Balaban J connectivity index is 2.43. The van der Waals surface area contributed by atoms with E-state index < -0.39 is 0 Å². The van der Waals surface area contributed by atoms with Crippen LogP contribution >= 0.6 is 11.3 Å². The summed E-state index contributed by atoms with van der Waals surface area (Å²) in [5.74, 6) is 0.0277. The molecule has 2 aromatic rings. The predicted octanol–water partition coefficient (Wildman–Crippen LogP) is 2.64. The molecule has 5 nitrogen and oxygen atoms in total. The number of anilines is 1. The standard InChI is InChI=1S/C14H19N5S/c1-2-3-7-11-12(9-5-4-6-10(15)8-9)20-14(18-11)19-13(16)17/h4-6,8H,2-3,7,15H2,1H3,(H4,16,17,18,19). The van der Waals surface area contributed by atoms with Gasteiger partial charge >= 0.3 is 0 Å². The Morgan fingerprint density at radius 2 is 2.15 bits per heavy atom. The Kier molecular flexibility index (Phi) is 4.57. The monoisotopic (exact) mass is 289 g/mol. The molecule has 106 valence electrons. The molecule has 1 heterocycles. The molecule has 6 N–H and O–H groups in total. The SMILES string of the molecule is CCCCc1nc(N=C(N)N)sc1-c1cccc(N)c1. The molecule has 20 heavy (non-hydrogen) atoms. The number of nitrogen functional groups attached to an aromatic ring is 1. The van der Waals surface area contributed by atoms with E-state index >= 15 is 0 Å². The van der Waals surface area contributed by atoms with E-state index in [-0.39, 0.29) is 5.96 Å². The van der Waals surface area contributed by atoms with E-state index in [1.807, 2.05) is 24.3 Å². The lowest BCUT2D eigenvalue weighted by molar-refractivity contribution is 0.782. The van der Waals surface area contributed by atoms with Gasteiger partial charge in [-0.3, -0.25) is 0 Å². The van der Waals surface area contributed by atoms with Crippen molar-refractivity contribution in [1.29, 1.82) is 0 Å². The van der Waals surface area contributed by atoms with Crippen LogP contribution in [0.25, 0.3) is 10.4 Å². The molecule has 0 aliphatic carbocycles. The average molecular weight is 289 g/mol. The number of guanidine groups is 1. The van der Waals surface area contributed by atoms with Crippen LogP contribution in [0.4, 0.5) is 10.8 Å². The van der Waals surface area contributed by atoms with Gasteiger partial charge in [0.25, 0.3) is 0 Å². The van der Waals surface area contributed by atoms with E-state index in [1.54, 1.807) is 0 Å². The summed E-state index contributed by atoms with van der Waals surface area (Å²) in [5.41, 5.74) is 19.5. The molecular weight excluding hydrogens is 270 g/mol. The third-order valence-corrected chi connectivity index (χ3v) is 3.87. The van der Waals surface area contributed by atoms with Crippen LogP contribution in [-0.4, -0.2) is 10.9 Å². The molecular formula is C14H19N5S. The topological polar surface area (TPSA) is 103 Å². The Labute approximate surface area is 122 Å². The van der Waals surface area contributed by atoms with Crippen LogP contribution in [0.5, 0.6) is 0 Å². The first kappa shape index (κ1) is 14.3. The number of unbranched alkanes of at least 4 members (excludes halogenated alkanes) is 1. The molecule has 0 radical (unpaired) electrons. The zero-order valence-electron chi connectivity index (χ0n) is 11.5. The molecule has 0 amide bonds. The van der Waals surface area contributed by atoms with Crippen molar-refractivity contribution in [3.63, 3.8) is 0 Å². The van der Waals surface area contributed by atoms with Gasteiger partial charge in [0.1, 0.15) is 0 Å². The van der Waals surface area contributed by atoms with Crippen molar-refractivity contribution < 1.29 is 0 Å². The summed E-state index contributed by atoms with van der Waals surface area (Å²) < 4.78 is 0. The number of thiazole rings is 1. The van der Waals surface area contributed by atoms with E-state index in [9.17, 15) is 0 Å². The van der Waals surface area contributed by atoms with Crippen LogP contribution in [-0.2, 0) is 6.42 Å². The molecule has 0 bridgehead atoms. The quantitative estimate of drug-likeness (QED) is 0.447. The van der Waals surface area contributed by atoms with E-state index in [0.717, 1.165) is 41.1 Å². The van der Waals surface area contributed by atoms with Crippen LogP contribution < -0.4 is 17.2 Å². The fourth-order valence-corrected chi connectivity index (χ4v) is 2.92. The van der Waals surface area contributed by atoms with Gasteiger partial charge in [-0.2, -0.15) is 4.99 Å². The zero-order valence-corrected chi connectivity index (χ0v) is 12.3.